The lowest BCUT2D eigenvalue weighted by molar-refractivity contribution is 1.19. The molecule has 0 bridgehead atoms. The monoisotopic (exact) mass is 232 g/mol. The molecule has 0 amide bonds. The Morgan fingerprint density at radius 2 is 2.31 bits per heavy atom. The molecule has 0 saturated heterocycles. The number of aliphatic imine (C=N–C) groups is 1. The molecule has 3 heteroatoms. The number of nitriles is 1. The molecule has 1 aromatic rings. The van der Waals surface area contributed by atoms with E-state index in [0.717, 1.165) is 21.7 Å². The zero-order valence-electron chi connectivity index (χ0n) is 9.37. The van der Waals surface area contributed by atoms with E-state index in [1.54, 1.807) is 12.4 Å². The minimum Gasteiger partial charge on any atom is -0.264 e. The standard InChI is InChI=1S/C13H13ClN2/c1-10(5-6-15)8-16-9-12-3-4-13(14)11(2)7-12/h3-4,7-9H,5H2,1-2H3/b10-8+,16-9?. The summed E-state index contributed by atoms with van der Waals surface area (Å²) < 4.78 is 0. The molecule has 0 saturated carbocycles. The van der Waals surface area contributed by atoms with E-state index in [0.29, 0.717) is 6.42 Å². The smallest absolute Gasteiger partial charge is 0.0666 e. The fraction of sp³-hybridized carbons (Fsp3) is 0.231. The van der Waals surface area contributed by atoms with Gasteiger partial charge in [0.15, 0.2) is 0 Å². The summed E-state index contributed by atoms with van der Waals surface area (Å²) in [6.45, 7) is 3.84. The number of allylic oxidation sites excluding steroid dienone is 1. The lowest BCUT2D eigenvalue weighted by Crippen LogP contribution is -1.83. The van der Waals surface area contributed by atoms with Gasteiger partial charge in [0.25, 0.3) is 0 Å². The molecule has 2 nitrogen and oxygen atoms in total. The summed E-state index contributed by atoms with van der Waals surface area (Å²) in [7, 11) is 0. The van der Waals surface area contributed by atoms with Gasteiger partial charge in [0.1, 0.15) is 0 Å². The van der Waals surface area contributed by atoms with E-state index >= 15 is 0 Å². The van der Waals surface area contributed by atoms with E-state index in [9.17, 15) is 0 Å². The van der Waals surface area contributed by atoms with Crippen molar-refractivity contribution in [3.05, 3.63) is 46.1 Å². The van der Waals surface area contributed by atoms with Crippen LogP contribution in [-0.4, -0.2) is 6.21 Å². The Kier molecular flexibility index (Phi) is 4.75. The van der Waals surface area contributed by atoms with E-state index in [4.69, 9.17) is 16.9 Å². The van der Waals surface area contributed by atoms with Crippen molar-refractivity contribution in [2.45, 2.75) is 20.3 Å². The van der Waals surface area contributed by atoms with Gasteiger partial charge in [-0.15, -0.1) is 0 Å². The van der Waals surface area contributed by atoms with Crippen LogP contribution in [0, 0.1) is 18.3 Å². The molecule has 0 unspecified atom stereocenters. The van der Waals surface area contributed by atoms with Gasteiger partial charge in [0, 0.05) is 17.4 Å². The first-order valence-corrected chi connectivity index (χ1v) is 5.33. The van der Waals surface area contributed by atoms with Crippen LogP contribution in [0.1, 0.15) is 24.5 Å². The van der Waals surface area contributed by atoms with Crippen LogP contribution < -0.4 is 0 Å². The predicted molar refractivity (Wildman–Crippen MR) is 67.8 cm³/mol. The highest BCUT2D eigenvalue weighted by atomic mass is 35.5. The third kappa shape index (κ3) is 3.88. The van der Waals surface area contributed by atoms with Crippen molar-refractivity contribution in [1.82, 2.24) is 0 Å². The number of hydrogen-bond acceptors (Lipinski definition) is 2. The van der Waals surface area contributed by atoms with Gasteiger partial charge >= 0.3 is 0 Å². The number of aryl methyl sites for hydroxylation is 1. The van der Waals surface area contributed by atoms with Crippen LogP contribution >= 0.6 is 11.6 Å². The average Bonchev–Trinajstić information content (AvgIpc) is 2.24. The van der Waals surface area contributed by atoms with Crippen LogP contribution in [0.5, 0.6) is 0 Å². The molecular formula is C13H13ClN2. The average molecular weight is 233 g/mol. The second-order valence-corrected chi connectivity index (χ2v) is 4.00. The first-order valence-electron chi connectivity index (χ1n) is 4.95. The highest BCUT2D eigenvalue weighted by Gasteiger charge is 1.94. The van der Waals surface area contributed by atoms with Gasteiger partial charge in [0.05, 0.1) is 12.5 Å². The summed E-state index contributed by atoms with van der Waals surface area (Å²) in [4.78, 5) is 4.15. The molecule has 0 spiro atoms. The third-order valence-electron chi connectivity index (χ3n) is 2.06. The first kappa shape index (κ1) is 12.5. The Bertz CT molecular complexity index is 467. The van der Waals surface area contributed by atoms with Crippen LogP contribution in [0.4, 0.5) is 0 Å². The quantitative estimate of drug-likeness (QED) is 0.729. The van der Waals surface area contributed by atoms with Gasteiger partial charge in [0.2, 0.25) is 0 Å². The van der Waals surface area contributed by atoms with Crippen molar-refractivity contribution < 1.29 is 0 Å². The molecule has 0 heterocycles. The predicted octanol–water partition coefficient (Wildman–Crippen LogP) is 3.88. The maximum Gasteiger partial charge on any atom is 0.0666 e. The Morgan fingerprint density at radius 3 is 2.94 bits per heavy atom. The zero-order valence-corrected chi connectivity index (χ0v) is 10.1. The van der Waals surface area contributed by atoms with E-state index in [-0.39, 0.29) is 0 Å². The van der Waals surface area contributed by atoms with Crippen LogP contribution in [0.25, 0.3) is 0 Å². The number of rotatable bonds is 3. The molecule has 0 N–H and O–H groups in total. The molecular weight excluding hydrogens is 220 g/mol. The summed E-state index contributed by atoms with van der Waals surface area (Å²) >= 11 is 5.91. The van der Waals surface area contributed by atoms with E-state index < -0.39 is 0 Å². The van der Waals surface area contributed by atoms with Crippen molar-refractivity contribution in [3.8, 4) is 6.07 Å². The minimum absolute atomic E-state index is 0.414. The Balaban J connectivity index is 2.74. The van der Waals surface area contributed by atoms with Gasteiger partial charge in [-0.2, -0.15) is 5.26 Å². The van der Waals surface area contributed by atoms with Gasteiger partial charge in [-0.25, -0.2) is 0 Å². The molecule has 0 aromatic heterocycles. The highest BCUT2D eigenvalue weighted by Crippen LogP contribution is 2.15. The molecule has 82 valence electrons. The van der Waals surface area contributed by atoms with Crippen molar-refractivity contribution in [3.63, 3.8) is 0 Å². The molecule has 0 radical (unpaired) electrons. The summed E-state index contributed by atoms with van der Waals surface area (Å²) in [6, 6.07) is 7.80. The maximum atomic E-state index is 8.46. The topological polar surface area (TPSA) is 36.1 Å². The zero-order chi connectivity index (χ0) is 12.0. The van der Waals surface area contributed by atoms with Gasteiger partial charge in [-0.05, 0) is 42.7 Å². The molecule has 0 aliphatic rings. The Labute approximate surface area is 101 Å². The second kappa shape index (κ2) is 6.09. The maximum absolute atomic E-state index is 8.46. The van der Waals surface area contributed by atoms with Crippen molar-refractivity contribution in [1.29, 1.82) is 5.26 Å². The summed E-state index contributed by atoms with van der Waals surface area (Å²) in [5.41, 5.74) is 2.98. The van der Waals surface area contributed by atoms with Gasteiger partial charge in [-0.1, -0.05) is 17.7 Å². The van der Waals surface area contributed by atoms with E-state index in [1.165, 1.54) is 0 Å². The Morgan fingerprint density at radius 1 is 1.56 bits per heavy atom. The summed E-state index contributed by atoms with van der Waals surface area (Å²) in [5, 5.41) is 9.22. The summed E-state index contributed by atoms with van der Waals surface area (Å²) in [5.74, 6) is 0. The first-order chi connectivity index (χ1) is 7.63. The Hall–Kier alpha value is -1.59. The minimum atomic E-state index is 0.414. The second-order valence-electron chi connectivity index (χ2n) is 3.60. The fourth-order valence-corrected chi connectivity index (χ4v) is 1.29. The largest absolute Gasteiger partial charge is 0.264 e. The molecule has 0 aliphatic heterocycles. The van der Waals surface area contributed by atoms with Crippen LogP contribution in [0.3, 0.4) is 0 Å². The lowest BCUT2D eigenvalue weighted by Gasteiger charge is -1.98. The number of hydrogen-bond donors (Lipinski definition) is 0. The van der Waals surface area contributed by atoms with Gasteiger partial charge < -0.3 is 0 Å². The van der Waals surface area contributed by atoms with Crippen molar-refractivity contribution in [2.24, 2.45) is 4.99 Å². The van der Waals surface area contributed by atoms with Crippen LogP contribution in [-0.2, 0) is 0 Å². The fourth-order valence-electron chi connectivity index (χ4n) is 1.17. The SMILES string of the molecule is C/C(=C\N=Cc1ccc(Cl)c(C)c1)CC#N. The van der Waals surface area contributed by atoms with Crippen molar-refractivity contribution in [2.75, 3.05) is 0 Å². The molecule has 1 aromatic carbocycles. The highest BCUT2D eigenvalue weighted by molar-refractivity contribution is 6.31. The lowest BCUT2D eigenvalue weighted by atomic mass is 10.1. The number of nitrogens with zero attached hydrogens (tertiary/aromatic N) is 2. The number of halogens is 1. The number of benzene rings is 1. The van der Waals surface area contributed by atoms with Crippen molar-refractivity contribution >= 4 is 17.8 Å². The molecule has 16 heavy (non-hydrogen) atoms. The van der Waals surface area contributed by atoms with E-state index in [2.05, 4.69) is 11.1 Å². The molecule has 1 rings (SSSR count). The van der Waals surface area contributed by atoms with Gasteiger partial charge in [-0.3, -0.25) is 4.99 Å². The van der Waals surface area contributed by atoms with E-state index in [1.807, 2.05) is 32.0 Å². The molecule has 0 atom stereocenters. The molecule has 0 aliphatic carbocycles. The normalized spacial score (nSPS) is 11.8. The van der Waals surface area contributed by atoms with Crippen LogP contribution in [0.2, 0.25) is 5.02 Å². The third-order valence-corrected chi connectivity index (χ3v) is 2.48. The summed E-state index contributed by atoms with van der Waals surface area (Å²) in [6.07, 6.45) is 3.87. The van der Waals surface area contributed by atoms with Crippen LogP contribution in [0.15, 0.2) is 35.0 Å². The molecule has 0 fully saturated rings.